The summed E-state index contributed by atoms with van der Waals surface area (Å²) in [6, 6.07) is 0.220. The Bertz CT molecular complexity index is 245. The van der Waals surface area contributed by atoms with E-state index in [0.717, 1.165) is 6.54 Å². The first kappa shape index (κ1) is 10.2. The van der Waals surface area contributed by atoms with Gasteiger partial charge in [0, 0.05) is 0 Å². The third kappa shape index (κ3) is 1.83. The molecule has 0 unspecified atom stereocenters. The molecule has 0 amide bonds. The monoisotopic (exact) mass is 218 g/mol. The smallest absolute Gasteiger partial charge is 0.458 e. The third-order valence-corrected chi connectivity index (χ3v) is 1.43. The number of aromatic hydroxyl groups is 1. The molecule has 0 aliphatic rings. The number of hydrogen-bond donors (Lipinski definition) is 1. The summed E-state index contributed by atoms with van der Waals surface area (Å²) in [7, 11) is 0. The van der Waals surface area contributed by atoms with Crippen LogP contribution >= 0.6 is 0 Å². The van der Waals surface area contributed by atoms with Gasteiger partial charge in [-0.1, -0.05) is 6.58 Å². The van der Waals surface area contributed by atoms with E-state index in [1.54, 1.807) is 27.7 Å². The molecule has 11 heavy (non-hydrogen) atoms. The first-order chi connectivity index (χ1) is 4.79. The molecule has 4 heteroatoms. The minimum atomic E-state index is 0. The van der Waals surface area contributed by atoms with Crippen LogP contribution in [0.2, 0.25) is 0 Å². The van der Waals surface area contributed by atoms with Gasteiger partial charge in [-0.05, 0) is 6.92 Å². The molecule has 0 aliphatic heterocycles. The summed E-state index contributed by atoms with van der Waals surface area (Å²) in [4.78, 5) is 0. The van der Waals surface area contributed by atoms with Crippen LogP contribution < -0.4 is 21.5 Å². The predicted molar refractivity (Wildman–Crippen MR) is 38.4 cm³/mol. The molecule has 1 aromatic heterocycles. The van der Waals surface area contributed by atoms with E-state index in [1.165, 1.54) is 0 Å². The van der Waals surface area contributed by atoms with E-state index >= 15 is 0 Å². The normalized spacial score (nSPS) is 8.82. The van der Waals surface area contributed by atoms with E-state index in [0.29, 0.717) is 0 Å². The summed E-state index contributed by atoms with van der Waals surface area (Å²) in [5, 5.41) is 9.28. The summed E-state index contributed by atoms with van der Waals surface area (Å²) >= 11 is 0. The van der Waals surface area contributed by atoms with Crippen LogP contribution in [-0.4, -0.2) is 9.67 Å². The number of rotatable bonds is 2. The lowest BCUT2D eigenvalue weighted by Crippen LogP contribution is -3.00. The molecule has 1 rings (SSSR count). The first-order valence-corrected chi connectivity index (χ1v) is 3.21. The minimum absolute atomic E-state index is 0. The van der Waals surface area contributed by atoms with Crippen molar-refractivity contribution in [1.82, 2.24) is 4.57 Å². The Labute approximate surface area is 76.4 Å². The van der Waals surface area contributed by atoms with Gasteiger partial charge in [0.25, 0.3) is 0 Å². The Hall–Kier alpha value is -0.770. The predicted octanol–water partition coefficient (Wildman–Crippen LogP) is -2.39. The largest absolute Gasteiger partial charge is 1.00 e. The Balaban J connectivity index is 0.000001000. The quantitative estimate of drug-likeness (QED) is 0.552. The van der Waals surface area contributed by atoms with Crippen LogP contribution in [-0.2, 0) is 6.54 Å². The van der Waals surface area contributed by atoms with Crippen LogP contribution in [0.15, 0.2) is 19.0 Å². The van der Waals surface area contributed by atoms with E-state index in [2.05, 4.69) is 6.58 Å². The minimum Gasteiger partial charge on any atom is -1.00 e. The Morgan fingerprint density at radius 3 is 2.73 bits per heavy atom. The highest BCUT2D eigenvalue weighted by Gasteiger charge is 2.10. The maximum absolute atomic E-state index is 9.28. The highest BCUT2D eigenvalue weighted by molar-refractivity contribution is 5.18. The summed E-state index contributed by atoms with van der Waals surface area (Å²) in [6.07, 6.45) is 5.12. The Morgan fingerprint density at radius 1 is 1.82 bits per heavy atom. The number of halogens is 1. The van der Waals surface area contributed by atoms with E-state index in [1.807, 2.05) is 6.92 Å². The molecule has 1 N–H and O–H groups in total. The molecule has 3 nitrogen and oxygen atoms in total. The topological polar surface area (TPSA) is 29.0 Å². The highest BCUT2D eigenvalue weighted by Crippen LogP contribution is 2.01. The molecule has 0 saturated carbocycles. The number of aromatic nitrogens is 2. The van der Waals surface area contributed by atoms with Gasteiger partial charge in [-0.3, -0.25) is 0 Å². The van der Waals surface area contributed by atoms with Gasteiger partial charge in [0.2, 0.25) is 0 Å². The second-order valence-corrected chi connectivity index (χ2v) is 1.97. The second-order valence-electron chi connectivity index (χ2n) is 1.97. The van der Waals surface area contributed by atoms with Gasteiger partial charge in [0.05, 0.1) is 12.7 Å². The molecule has 0 saturated heterocycles. The highest BCUT2D eigenvalue weighted by atomic mass is 79.9. The summed E-state index contributed by atoms with van der Waals surface area (Å²) in [5.74, 6) is 0. The lowest BCUT2D eigenvalue weighted by molar-refractivity contribution is -0.698. The first-order valence-electron chi connectivity index (χ1n) is 3.21. The van der Waals surface area contributed by atoms with Gasteiger partial charge in [-0.2, -0.15) is 9.13 Å². The third-order valence-electron chi connectivity index (χ3n) is 1.43. The summed E-state index contributed by atoms with van der Waals surface area (Å²) in [5.41, 5.74) is 0. The lowest BCUT2D eigenvalue weighted by Gasteiger charge is -1.88. The van der Waals surface area contributed by atoms with Gasteiger partial charge in [-0.15, -0.1) is 0 Å². The van der Waals surface area contributed by atoms with Crippen LogP contribution in [0.4, 0.5) is 0 Å². The zero-order valence-corrected chi connectivity index (χ0v) is 7.95. The standard InChI is InChI=1S/C7H10N2O.BrH/c1-3-8-5-6-9(4-2)7(8)10;/h3,5-6H,1,4H2,2H3;1H. The fourth-order valence-corrected chi connectivity index (χ4v) is 0.823. The molecule has 0 fully saturated rings. The molecule has 1 heterocycles. The average Bonchev–Trinajstić information content (AvgIpc) is 2.30. The number of nitrogens with zero attached hydrogens (tertiary/aromatic N) is 2. The molecule has 0 bridgehead atoms. The van der Waals surface area contributed by atoms with Crippen LogP contribution in [0, 0.1) is 0 Å². The Morgan fingerprint density at radius 2 is 2.45 bits per heavy atom. The molecule has 62 valence electrons. The van der Waals surface area contributed by atoms with Crippen molar-refractivity contribution in [2.75, 3.05) is 0 Å². The fourth-order valence-electron chi connectivity index (χ4n) is 0.823. The number of aryl methyl sites for hydroxylation is 1. The van der Waals surface area contributed by atoms with Crippen molar-refractivity contribution in [3.8, 4) is 6.01 Å². The van der Waals surface area contributed by atoms with Crippen molar-refractivity contribution in [3.63, 3.8) is 0 Å². The summed E-state index contributed by atoms with van der Waals surface area (Å²) < 4.78 is 3.28. The lowest BCUT2D eigenvalue weighted by atomic mass is 10.7. The average molecular weight is 219 g/mol. The molecular weight excluding hydrogens is 208 g/mol. The van der Waals surface area contributed by atoms with E-state index in [4.69, 9.17) is 0 Å². The van der Waals surface area contributed by atoms with Crippen LogP contribution in [0.3, 0.4) is 0 Å². The van der Waals surface area contributed by atoms with Gasteiger partial charge >= 0.3 is 6.01 Å². The van der Waals surface area contributed by atoms with Gasteiger partial charge in [-0.25, -0.2) is 0 Å². The number of hydrogen-bond acceptors (Lipinski definition) is 1. The molecular formula is C7H11BrN2O. The molecule has 0 radical (unpaired) electrons. The fraction of sp³-hybridized carbons (Fsp3) is 0.286. The van der Waals surface area contributed by atoms with Crippen molar-refractivity contribution in [2.24, 2.45) is 0 Å². The van der Waals surface area contributed by atoms with Gasteiger partial charge < -0.3 is 22.1 Å². The van der Waals surface area contributed by atoms with E-state index in [-0.39, 0.29) is 23.0 Å². The van der Waals surface area contributed by atoms with Crippen LogP contribution in [0.25, 0.3) is 6.20 Å². The van der Waals surface area contributed by atoms with Crippen molar-refractivity contribution in [3.05, 3.63) is 19.0 Å². The molecule has 0 atom stereocenters. The van der Waals surface area contributed by atoms with E-state index in [9.17, 15) is 5.11 Å². The SMILES string of the molecule is C=Cn1cc[n+](CC)c1O.[Br-]. The van der Waals surface area contributed by atoms with Gasteiger partial charge in [0.15, 0.2) is 0 Å². The van der Waals surface area contributed by atoms with Crippen LogP contribution in [0.5, 0.6) is 6.01 Å². The molecule has 0 aliphatic carbocycles. The van der Waals surface area contributed by atoms with E-state index < -0.39 is 0 Å². The maximum Gasteiger partial charge on any atom is 0.458 e. The van der Waals surface area contributed by atoms with Gasteiger partial charge in [0.1, 0.15) is 12.4 Å². The van der Waals surface area contributed by atoms with Crippen molar-refractivity contribution in [1.29, 1.82) is 0 Å². The maximum atomic E-state index is 9.28. The Kier molecular flexibility index (Phi) is 3.89. The second kappa shape index (κ2) is 4.18. The molecule has 0 spiro atoms. The van der Waals surface area contributed by atoms with Crippen molar-refractivity contribution in [2.45, 2.75) is 13.5 Å². The zero-order valence-electron chi connectivity index (χ0n) is 6.37. The zero-order chi connectivity index (χ0) is 7.56. The molecule has 0 aromatic carbocycles. The van der Waals surface area contributed by atoms with Crippen LogP contribution in [0.1, 0.15) is 6.92 Å². The summed E-state index contributed by atoms with van der Waals surface area (Å²) in [6.45, 7) is 6.26. The van der Waals surface area contributed by atoms with Crippen molar-refractivity contribution >= 4 is 6.20 Å². The number of imidazole rings is 1. The molecule has 1 aromatic rings. The van der Waals surface area contributed by atoms with Crippen molar-refractivity contribution < 1.29 is 26.7 Å².